The van der Waals surface area contributed by atoms with Crippen molar-refractivity contribution in [3.05, 3.63) is 42.1 Å². The van der Waals surface area contributed by atoms with E-state index in [1.807, 2.05) is 6.07 Å². The molecule has 0 bridgehead atoms. The molecular formula is C9H9NO2. The Hall–Kier alpha value is -1.32. The Morgan fingerprint density at radius 3 is 2.67 bits per heavy atom. The fraction of sp³-hybridized carbons (Fsp3) is 0.111. The molecule has 0 saturated heterocycles. The lowest BCUT2D eigenvalue weighted by Crippen LogP contribution is -2.12. The van der Waals surface area contributed by atoms with Crippen molar-refractivity contribution in [2.45, 2.75) is 6.10 Å². The van der Waals surface area contributed by atoms with Crippen LogP contribution in [0, 0.1) is 0 Å². The lowest BCUT2D eigenvalue weighted by molar-refractivity contribution is 0.196. The molecule has 12 heavy (non-hydrogen) atoms. The molecule has 1 aromatic carbocycles. The Kier molecular flexibility index (Phi) is 1.43. The summed E-state index contributed by atoms with van der Waals surface area (Å²) in [5, 5.41) is 19.8. The van der Waals surface area contributed by atoms with Gasteiger partial charge in [-0.3, -0.25) is 5.21 Å². The molecule has 0 radical (unpaired) electrons. The topological polar surface area (TPSA) is 43.7 Å². The summed E-state index contributed by atoms with van der Waals surface area (Å²) in [7, 11) is 0. The average molecular weight is 163 g/mol. The van der Waals surface area contributed by atoms with Crippen molar-refractivity contribution in [2.75, 3.05) is 5.06 Å². The first-order chi connectivity index (χ1) is 5.72. The molecule has 0 amide bonds. The van der Waals surface area contributed by atoms with Crippen LogP contribution in [0.5, 0.6) is 0 Å². The van der Waals surface area contributed by atoms with Crippen molar-refractivity contribution >= 4 is 5.69 Å². The summed E-state index contributed by atoms with van der Waals surface area (Å²) in [6.07, 6.45) is -0.772. The molecule has 3 nitrogen and oxygen atoms in total. The van der Waals surface area contributed by atoms with Crippen molar-refractivity contribution < 1.29 is 10.3 Å². The number of nitrogens with zero attached hydrogens (tertiary/aromatic N) is 1. The number of benzene rings is 1. The molecule has 1 aliphatic heterocycles. The number of para-hydroxylation sites is 1. The molecule has 1 unspecified atom stereocenters. The number of aliphatic hydroxyl groups is 1. The monoisotopic (exact) mass is 163 g/mol. The van der Waals surface area contributed by atoms with E-state index in [0.29, 0.717) is 16.9 Å². The predicted octanol–water partition coefficient (Wildman–Crippen LogP) is 1.44. The molecule has 0 aromatic heterocycles. The average Bonchev–Trinajstić information content (AvgIpc) is 2.33. The zero-order valence-corrected chi connectivity index (χ0v) is 6.44. The molecule has 1 aromatic rings. The Morgan fingerprint density at radius 2 is 2.00 bits per heavy atom. The molecule has 0 saturated carbocycles. The number of anilines is 1. The van der Waals surface area contributed by atoms with E-state index in [0.717, 1.165) is 5.06 Å². The van der Waals surface area contributed by atoms with Gasteiger partial charge in [-0.25, -0.2) is 5.06 Å². The van der Waals surface area contributed by atoms with E-state index >= 15 is 0 Å². The summed E-state index contributed by atoms with van der Waals surface area (Å²) in [5.74, 6) is 0. The van der Waals surface area contributed by atoms with E-state index in [4.69, 9.17) is 0 Å². The summed E-state index contributed by atoms with van der Waals surface area (Å²) in [4.78, 5) is 0. The first-order valence-electron chi connectivity index (χ1n) is 3.66. The van der Waals surface area contributed by atoms with Crippen molar-refractivity contribution in [1.29, 1.82) is 0 Å². The van der Waals surface area contributed by atoms with Crippen molar-refractivity contribution in [1.82, 2.24) is 0 Å². The number of rotatable bonds is 0. The van der Waals surface area contributed by atoms with Gasteiger partial charge in [-0.15, -0.1) is 0 Å². The smallest absolute Gasteiger partial charge is 0.123 e. The molecule has 0 spiro atoms. The Morgan fingerprint density at radius 1 is 1.33 bits per heavy atom. The summed E-state index contributed by atoms with van der Waals surface area (Å²) in [6.45, 7) is 3.56. The van der Waals surface area contributed by atoms with Gasteiger partial charge in [0, 0.05) is 5.56 Å². The maximum absolute atomic E-state index is 9.52. The third kappa shape index (κ3) is 0.776. The summed E-state index contributed by atoms with van der Waals surface area (Å²) in [5.41, 5.74) is 1.61. The van der Waals surface area contributed by atoms with Gasteiger partial charge in [0.05, 0.1) is 11.4 Å². The zero-order chi connectivity index (χ0) is 8.72. The maximum atomic E-state index is 9.52. The highest BCUT2D eigenvalue weighted by atomic mass is 16.5. The molecule has 1 heterocycles. The van der Waals surface area contributed by atoms with Crippen LogP contribution in [-0.2, 0) is 0 Å². The van der Waals surface area contributed by atoms with Crippen LogP contribution in [0.1, 0.15) is 11.7 Å². The van der Waals surface area contributed by atoms with Crippen LogP contribution in [0.4, 0.5) is 5.69 Å². The first kappa shape index (κ1) is 7.34. The number of fused-ring (bicyclic) bond motifs is 1. The minimum atomic E-state index is -0.772. The molecule has 2 rings (SSSR count). The van der Waals surface area contributed by atoms with Crippen LogP contribution < -0.4 is 5.06 Å². The fourth-order valence-corrected chi connectivity index (χ4v) is 1.36. The Balaban J connectivity index is 2.59. The minimum absolute atomic E-state index is 0.302. The molecule has 1 aliphatic rings. The summed E-state index contributed by atoms with van der Waals surface area (Å²) >= 11 is 0. The Bertz CT molecular complexity index is 304. The van der Waals surface area contributed by atoms with Gasteiger partial charge in [-0.05, 0) is 6.07 Å². The zero-order valence-electron chi connectivity index (χ0n) is 6.44. The van der Waals surface area contributed by atoms with Gasteiger partial charge >= 0.3 is 0 Å². The van der Waals surface area contributed by atoms with E-state index in [1.54, 1.807) is 18.2 Å². The SMILES string of the molecule is C=C1C(O)c2ccccc2N1O. The van der Waals surface area contributed by atoms with Crippen LogP contribution in [0.15, 0.2) is 36.5 Å². The van der Waals surface area contributed by atoms with Gasteiger partial charge in [0.25, 0.3) is 0 Å². The number of aliphatic hydroxyl groups excluding tert-OH is 1. The number of hydrogen-bond donors (Lipinski definition) is 2. The molecule has 3 heteroatoms. The summed E-state index contributed by atoms with van der Waals surface area (Å²) in [6, 6.07) is 7.11. The standard InChI is InChI=1S/C9H9NO2/c1-6-9(11)7-4-2-3-5-8(7)10(6)12/h2-5,9,11-12H,1H2. The minimum Gasteiger partial charge on any atom is -0.382 e. The van der Waals surface area contributed by atoms with E-state index < -0.39 is 6.10 Å². The molecule has 2 N–H and O–H groups in total. The van der Waals surface area contributed by atoms with E-state index in [-0.39, 0.29) is 0 Å². The van der Waals surface area contributed by atoms with Gasteiger partial charge in [0.1, 0.15) is 6.10 Å². The van der Waals surface area contributed by atoms with Gasteiger partial charge < -0.3 is 5.11 Å². The van der Waals surface area contributed by atoms with Gasteiger partial charge in [-0.2, -0.15) is 0 Å². The fourth-order valence-electron chi connectivity index (χ4n) is 1.36. The van der Waals surface area contributed by atoms with Crippen molar-refractivity contribution in [3.8, 4) is 0 Å². The van der Waals surface area contributed by atoms with Crippen molar-refractivity contribution in [2.24, 2.45) is 0 Å². The number of hydrogen-bond acceptors (Lipinski definition) is 3. The van der Waals surface area contributed by atoms with Gasteiger partial charge in [0.2, 0.25) is 0 Å². The third-order valence-corrected chi connectivity index (χ3v) is 2.05. The Labute approximate surface area is 70.1 Å². The normalized spacial score (nSPS) is 21.3. The van der Waals surface area contributed by atoms with Crippen LogP contribution in [0.25, 0.3) is 0 Å². The largest absolute Gasteiger partial charge is 0.382 e. The van der Waals surface area contributed by atoms with Crippen LogP contribution in [-0.4, -0.2) is 10.3 Å². The van der Waals surface area contributed by atoms with Gasteiger partial charge in [-0.1, -0.05) is 24.8 Å². The lowest BCUT2D eigenvalue weighted by atomic mass is 10.1. The predicted molar refractivity (Wildman–Crippen MR) is 44.8 cm³/mol. The third-order valence-electron chi connectivity index (χ3n) is 2.05. The quantitative estimate of drug-likeness (QED) is 0.608. The molecule has 0 fully saturated rings. The van der Waals surface area contributed by atoms with Crippen LogP contribution in [0.3, 0.4) is 0 Å². The second-order valence-corrected chi connectivity index (χ2v) is 2.76. The first-order valence-corrected chi connectivity index (χ1v) is 3.66. The highest BCUT2D eigenvalue weighted by molar-refractivity contribution is 5.63. The van der Waals surface area contributed by atoms with Crippen LogP contribution in [0.2, 0.25) is 0 Å². The number of hydroxylamine groups is 1. The van der Waals surface area contributed by atoms with E-state index in [9.17, 15) is 10.3 Å². The second kappa shape index (κ2) is 2.33. The van der Waals surface area contributed by atoms with E-state index in [2.05, 4.69) is 6.58 Å². The molecule has 62 valence electrons. The van der Waals surface area contributed by atoms with Gasteiger partial charge in [0.15, 0.2) is 0 Å². The van der Waals surface area contributed by atoms with Crippen LogP contribution >= 0.6 is 0 Å². The highest BCUT2D eigenvalue weighted by Gasteiger charge is 2.29. The van der Waals surface area contributed by atoms with Crippen molar-refractivity contribution in [3.63, 3.8) is 0 Å². The molecule has 1 atom stereocenters. The second-order valence-electron chi connectivity index (χ2n) is 2.76. The summed E-state index contributed by atoms with van der Waals surface area (Å²) < 4.78 is 0. The van der Waals surface area contributed by atoms with E-state index in [1.165, 1.54) is 0 Å². The molecule has 0 aliphatic carbocycles. The molecular weight excluding hydrogens is 154 g/mol. The maximum Gasteiger partial charge on any atom is 0.123 e. The lowest BCUT2D eigenvalue weighted by Gasteiger charge is -2.10. The highest BCUT2D eigenvalue weighted by Crippen LogP contribution is 2.39.